The van der Waals surface area contributed by atoms with Crippen LogP contribution in [0.1, 0.15) is 11.1 Å². The molecule has 0 bridgehead atoms. The summed E-state index contributed by atoms with van der Waals surface area (Å²) >= 11 is 11.9. The molecule has 28 heavy (non-hydrogen) atoms. The van der Waals surface area contributed by atoms with Gasteiger partial charge in [0.2, 0.25) is 0 Å². The summed E-state index contributed by atoms with van der Waals surface area (Å²) in [4.78, 5) is 0. The van der Waals surface area contributed by atoms with Gasteiger partial charge in [-0.1, -0.05) is 29.3 Å². The highest BCUT2D eigenvalue weighted by molar-refractivity contribution is 6.42. The minimum atomic E-state index is -0.296. The van der Waals surface area contributed by atoms with Gasteiger partial charge >= 0.3 is 0 Å². The van der Waals surface area contributed by atoms with E-state index >= 15 is 0 Å². The Morgan fingerprint density at radius 3 is 2.46 bits per heavy atom. The van der Waals surface area contributed by atoms with Gasteiger partial charge in [-0.15, -0.1) is 0 Å². The Morgan fingerprint density at radius 1 is 0.964 bits per heavy atom. The van der Waals surface area contributed by atoms with Gasteiger partial charge < -0.3 is 9.47 Å². The third kappa shape index (κ3) is 5.38. The highest BCUT2D eigenvalue weighted by atomic mass is 35.5. The molecule has 0 unspecified atom stereocenters. The largest absolute Gasteiger partial charge is 0.493 e. The molecule has 0 amide bonds. The molecule has 0 saturated carbocycles. The maximum absolute atomic E-state index is 12.9. The molecular weight excluding hydrogens is 402 g/mol. The van der Waals surface area contributed by atoms with Crippen LogP contribution in [0, 0.1) is 5.82 Å². The van der Waals surface area contributed by atoms with E-state index in [9.17, 15) is 4.39 Å². The summed E-state index contributed by atoms with van der Waals surface area (Å²) < 4.78 is 24.1. The maximum atomic E-state index is 12.9. The number of ether oxygens (including phenoxy) is 2. The van der Waals surface area contributed by atoms with E-state index in [-0.39, 0.29) is 5.82 Å². The number of hydrogen-bond donors (Lipinski definition) is 1. The number of nitrogens with zero attached hydrogens (tertiary/aromatic N) is 1. The predicted molar refractivity (Wildman–Crippen MR) is 111 cm³/mol. The van der Waals surface area contributed by atoms with Crippen LogP contribution in [0.4, 0.5) is 10.1 Å². The minimum absolute atomic E-state index is 0.296. The lowest BCUT2D eigenvalue weighted by molar-refractivity contribution is 0.284. The van der Waals surface area contributed by atoms with Crippen molar-refractivity contribution >= 4 is 35.1 Å². The van der Waals surface area contributed by atoms with Gasteiger partial charge in [0.1, 0.15) is 12.4 Å². The number of rotatable bonds is 7. The average Bonchev–Trinajstić information content (AvgIpc) is 2.71. The highest BCUT2D eigenvalue weighted by Gasteiger charge is 2.07. The molecule has 3 rings (SSSR count). The Morgan fingerprint density at radius 2 is 1.75 bits per heavy atom. The van der Waals surface area contributed by atoms with Gasteiger partial charge in [0, 0.05) is 0 Å². The second kappa shape index (κ2) is 9.44. The molecule has 144 valence electrons. The second-order valence-electron chi connectivity index (χ2n) is 5.82. The predicted octanol–water partition coefficient (Wildman–Crippen LogP) is 6.17. The Hall–Kier alpha value is -2.76. The van der Waals surface area contributed by atoms with Gasteiger partial charge in [-0.2, -0.15) is 5.10 Å². The minimum Gasteiger partial charge on any atom is -0.493 e. The lowest BCUT2D eigenvalue weighted by Gasteiger charge is -2.12. The van der Waals surface area contributed by atoms with Gasteiger partial charge in [0.15, 0.2) is 11.5 Å². The molecule has 0 spiro atoms. The van der Waals surface area contributed by atoms with E-state index < -0.39 is 0 Å². The number of hydrogen-bond acceptors (Lipinski definition) is 4. The Balaban J connectivity index is 1.64. The molecule has 4 nitrogen and oxygen atoms in total. The van der Waals surface area contributed by atoms with Gasteiger partial charge in [-0.3, -0.25) is 5.43 Å². The molecule has 0 atom stereocenters. The van der Waals surface area contributed by atoms with Crippen molar-refractivity contribution in [1.82, 2.24) is 0 Å². The summed E-state index contributed by atoms with van der Waals surface area (Å²) in [5, 5.41) is 5.12. The van der Waals surface area contributed by atoms with Crippen molar-refractivity contribution in [2.45, 2.75) is 6.61 Å². The van der Waals surface area contributed by atoms with Crippen molar-refractivity contribution in [3.63, 3.8) is 0 Å². The average molecular weight is 419 g/mol. The fourth-order valence-electron chi connectivity index (χ4n) is 2.38. The van der Waals surface area contributed by atoms with E-state index in [4.69, 9.17) is 32.7 Å². The van der Waals surface area contributed by atoms with Crippen LogP contribution in [0.2, 0.25) is 10.0 Å². The van der Waals surface area contributed by atoms with E-state index in [0.29, 0.717) is 33.8 Å². The summed E-state index contributed by atoms with van der Waals surface area (Å²) in [7, 11) is 1.57. The van der Waals surface area contributed by atoms with Crippen molar-refractivity contribution in [2.24, 2.45) is 5.10 Å². The summed E-state index contributed by atoms with van der Waals surface area (Å²) in [6.45, 7) is 0.326. The van der Waals surface area contributed by atoms with Gasteiger partial charge in [-0.05, 0) is 65.7 Å². The SMILES string of the molecule is COc1cc(/C=N/Nc2ccc(F)cc2)ccc1OCc1ccc(Cl)c(Cl)c1. The number of methoxy groups -OCH3 is 1. The normalized spacial score (nSPS) is 10.9. The number of hydrazone groups is 1. The summed E-state index contributed by atoms with van der Waals surface area (Å²) in [5.74, 6) is 0.874. The topological polar surface area (TPSA) is 42.8 Å². The van der Waals surface area contributed by atoms with Crippen molar-refractivity contribution in [2.75, 3.05) is 12.5 Å². The molecule has 0 heterocycles. The lowest BCUT2D eigenvalue weighted by atomic mass is 10.2. The first kappa shape index (κ1) is 20.0. The first-order valence-electron chi connectivity index (χ1n) is 8.34. The highest BCUT2D eigenvalue weighted by Crippen LogP contribution is 2.29. The monoisotopic (exact) mass is 418 g/mol. The van der Waals surface area contributed by atoms with Crippen LogP contribution < -0.4 is 14.9 Å². The molecule has 7 heteroatoms. The molecule has 0 saturated heterocycles. The summed E-state index contributed by atoms with van der Waals surface area (Å²) in [6, 6.07) is 16.7. The zero-order valence-electron chi connectivity index (χ0n) is 15.0. The zero-order valence-corrected chi connectivity index (χ0v) is 16.5. The van der Waals surface area contributed by atoms with Gasteiger partial charge in [0.05, 0.1) is 29.1 Å². The number of halogens is 3. The first-order valence-corrected chi connectivity index (χ1v) is 9.10. The smallest absolute Gasteiger partial charge is 0.161 e. The Bertz CT molecular complexity index is 979. The molecular formula is C21H17Cl2FN2O2. The zero-order chi connectivity index (χ0) is 19.9. The van der Waals surface area contributed by atoms with Crippen LogP contribution >= 0.6 is 23.2 Å². The Kier molecular flexibility index (Phi) is 6.74. The summed E-state index contributed by atoms with van der Waals surface area (Å²) in [6.07, 6.45) is 1.63. The molecule has 3 aromatic carbocycles. The van der Waals surface area contributed by atoms with Gasteiger partial charge in [0.25, 0.3) is 0 Å². The fraction of sp³-hybridized carbons (Fsp3) is 0.0952. The van der Waals surface area contributed by atoms with Gasteiger partial charge in [-0.25, -0.2) is 4.39 Å². The maximum Gasteiger partial charge on any atom is 0.161 e. The van der Waals surface area contributed by atoms with Crippen molar-refractivity contribution in [3.05, 3.63) is 87.7 Å². The first-order chi connectivity index (χ1) is 13.5. The molecule has 3 aromatic rings. The van der Waals surface area contributed by atoms with Crippen molar-refractivity contribution in [3.8, 4) is 11.5 Å². The van der Waals surface area contributed by atoms with Crippen LogP contribution in [-0.4, -0.2) is 13.3 Å². The summed E-state index contributed by atoms with van der Waals surface area (Å²) in [5.41, 5.74) is 5.23. The molecule has 0 fully saturated rings. The quantitative estimate of drug-likeness (QED) is 0.368. The van der Waals surface area contributed by atoms with Crippen LogP contribution in [0.15, 0.2) is 65.8 Å². The second-order valence-corrected chi connectivity index (χ2v) is 6.64. The van der Waals surface area contributed by atoms with E-state index in [1.54, 1.807) is 49.7 Å². The number of benzene rings is 3. The lowest BCUT2D eigenvalue weighted by Crippen LogP contribution is -1.99. The van der Waals surface area contributed by atoms with Crippen LogP contribution in [0.25, 0.3) is 0 Å². The molecule has 0 aromatic heterocycles. The van der Waals surface area contributed by atoms with Crippen LogP contribution in [0.3, 0.4) is 0 Å². The molecule has 0 aliphatic heterocycles. The third-order valence-electron chi connectivity index (χ3n) is 3.82. The Labute approximate surface area is 172 Å². The number of nitrogens with one attached hydrogen (secondary N) is 1. The van der Waals surface area contributed by atoms with E-state index in [0.717, 1.165) is 11.1 Å². The molecule has 0 radical (unpaired) electrons. The fourth-order valence-corrected chi connectivity index (χ4v) is 2.70. The third-order valence-corrected chi connectivity index (χ3v) is 4.56. The van der Waals surface area contributed by atoms with Crippen molar-refractivity contribution < 1.29 is 13.9 Å². The van der Waals surface area contributed by atoms with Crippen LogP contribution in [0.5, 0.6) is 11.5 Å². The standard InChI is InChI=1S/C21H17Cl2FN2O2/c1-27-21-11-14(12-25-26-17-6-4-16(24)5-7-17)3-9-20(21)28-13-15-2-8-18(22)19(23)10-15/h2-12,26H,13H2,1H3/b25-12+. The van der Waals surface area contributed by atoms with Crippen LogP contribution in [-0.2, 0) is 6.61 Å². The van der Waals surface area contributed by atoms with E-state index in [2.05, 4.69) is 10.5 Å². The molecule has 1 N–H and O–H groups in total. The van der Waals surface area contributed by atoms with E-state index in [1.165, 1.54) is 12.1 Å². The van der Waals surface area contributed by atoms with E-state index in [1.807, 2.05) is 12.1 Å². The van der Waals surface area contributed by atoms with Crippen molar-refractivity contribution in [1.29, 1.82) is 0 Å². The molecule has 0 aliphatic carbocycles. The molecule has 0 aliphatic rings. The number of anilines is 1.